The molecule has 1 heterocycles. The minimum Gasteiger partial charge on any atom is -0.296 e. The smallest absolute Gasteiger partial charge is 0.269 e. The first-order valence-corrected chi connectivity index (χ1v) is 7.30. The fourth-order valence-electron chi connectivity index (χ4n) is 1.64. The third kappa shape index (κ3) is 4.06. The van der Waals surface area contributed by atoms with Gasteiger partial charge >= 0.3 is 0 Å². The lowest BCUT2D eigenvalue weighted by Crippen LogP contribution is -2.11. The molecular weight excluding hydrogens is 292 g/mol. The van der Waals surface area contributed by atoms with Crippen LogP contribution in [-0.2, 0) is 6.42 Å². The number of aryl methyl sites for hydroxylation is 1. The quantitative estimate of drug-likeness (QED) is 0.653. The Morgan fingerprint density at radius 3 is 2.67 bits per heavy atom. The summed E-state index contributed by atoms with van der Waals surface area (Å²) in [6, 6.07) is 5.41. The molecule has 0 aliphatic rings. The maximum atomic E-state index is 12.0. The summed E-state index contributed by atoms with van der Waals surface area (Å²) in [7, 11) is 0. The number of anilines is 1. The van der Waals surface area contributed by atoms with E-state index >= 15 is 0 Å². The summed E-state index contributed by atoms with van der Waals surface area (Å²) in [5.74, 6) is -0.358. The van der Waals surface area contributed by atoms with E-state index in [1.807, 2.05) is 0 Å². The minimum absolute atomic E-state index is 0.0516. The number of nitro groups is 1. The third-order valence-electron chi connectivity index (χ3n) is 2.77. The van der Waals surface area contributed by atoms with Gasteiger partial charge in [-0.05, 0) is 18.6 Å². The van der Waals surface area contributed by atoms with Crippen LogP contribution in [0.5, 0.6) is 0 Å². The molecule has 1 aromatic heterocycles. The monoisotopic (exact) mass is 306 g/mol. The number of nitrogens with one attached hydrogen (secondary N) is 1. The molecule has 8 heteroatoms. The van der Waals surface area contributed by atoms with Gasteiger partial charge in [0.2, 0.25) is 5.13 Å². The molecule has 0 atom stereocenters. The van der Waals surface area contributed by atoms with Crippen molar-refractivity contribution in [3.05, 3.63) is 45.0 Å². The molecule has 0 radical (unpaired) electrons. The summed E-state index contributed by atoms with van der Waals surface area (Å²) < 4.78 is 0. The Balaban J connectivity index is 2.00. The minimum atomic E-state index is -0.508. The molecule has 0 bridgehead atoms. The molecule has 0 unspecified atom stereocenters. The van der Waals surface area contributed by atoms with Crippen LogP contribution in [0.3, 0.4) is 0 Å². The van der Waals surface area contributed by atoms with Crippen LogP contribution in [0.15, 0.2) is 24.3 Å². The Morgan fingerprint density at radius 2 is 2.05 bits per heavy atom. The van der Waals surface area contributed by atoms with Gasteiger partial charge in [0.15, 0.2) is 0 Å². The molecule has 2 rings (SSSR count). The second kappa shape index (κ2) is 6.89. The van der Waals surface area contributed by atoms with E-state index in [0.717, 1.165) is 24.3 Å². The SMILES string of the molecule is CCCCc1nnc(NC(=O)c2ccc([N+](=O)[O-])cc2)s1. The van der Waals surface area contributed by atoms with E-state index in [2.05, 4.69) is 22.4 Å². The molecule has 1 aromatic carbocycles. The molecule has 0 spiro atoms. The Morgan fingerprint density at radius 1 is 1.33 bits per heavy atom. The molecule has 0 saturated carbocycles. The van der Waals surface area contributed by atoms with E-state index in [1.54, 1.807) is 0 Å². The Hall–Kier alpha value is -2.35. The van der Waals surface area contributed by atoms with Gasteiger partial charge in [0.1, 0.15) is 5.01 Å². The molecule has 1 N–H and O–H groups in total. The average Bonchev–Trinajstić information content (AvgIpc) is 2.92. The van der Waals surface area contributed by atoms with Crippen LogP contribution >= 0.6 is 11.3 Å². The molecule has 0 aliphatic carbocycles. The van der Waals surface area contributed by atoms with Crippen LogP contribution in [0.2, 0.25) is 0 Å². The summed E-state index contributed by atoms with van der Waals surface area (Å²) in [5.41, 5.74) is 0.287. The van der Waals surface area contributed by atoms with Gasteiger partial charge in [-0.3, -0.25) is 20.2 Å². The van der Waals surface area contributed by atoms with Crippen molar-refractivity contribution in [1.29, 1.82) is 0 Å². The fourth-order valence-corrected chi connectivity index (χ4v) is 2.41. The van der Waals surface area contributed by atoms with Crippen molar-refractivity contribution in [3.63, 3.8) is 0 Å². The molecule has 0 fully saturated rings. The number of benzene rings is 1. The van der Waals surface area contributed by atoms with Crippen molar-refractivity contribution >= 4 is 28.1 Å². The van der Waals surface area contributed by atoms with Crippen LogP contribution in [0.25, 0.3) is 0 Å². The first-order chi connectivity index (χ1) is 10.1. The van der Waals surface area contributed by atoms with Gasteiger partial charge in [-0.2, -0.15) is 0 Å². The number of aromatic nitrogens is 2. The Labute approximate surface area is 125 Å². The number of nitro benzene ring substituents is 1. The van der Waals surface area contributed by atoms with Crippen LogP contribution in [0.4, 0.5) is 10.8 Å². The number of unbranched alkanes of at least 4 members (excludes halogenated alkanes) is 1. The molecule has 110 valence electrons. The topological polar surface area (TPSA) is 98.0 Å². The highest BCUT2D eigenvalue weighted by atomic mass is 32.1. The van der Waals surface area contributed by atoms with Gasteiger partial charge in [-0.1, -0.05) is 24.7 Å². The second-order valence-electron chi connectivity index (χ2n) is 4.36. The second-order valence-corrected chi connectivity index (χ2v) is 5.42. The maximum absolute atomic E-state index is 12.0. The fraction of sp³-hybridized carbons (Fsp3) is 0.308. The standard InChI is InChI=1S/C13H14N4O3S/c1-2-3-4-11-15-16-13(21-11)14-12(18)9-5-7-10(8-6-9)17(19)20/h5-8H,2-4H2,1H3,(H,14,16,18). The first kappa shape index (κ1) is 15.0. The lowest BCUT2D eigenvalue weighted by molar-refractivity contribution is -0.384. The van der Waals surface area contributed by atoms with Gasteiger partial charge in [-0.15, -0.1) is 10.2 Å². The van der Waals surface area contributed by atoms with E-state index < -0.39 is 4.92 Å². The highest BCUT2D eigenvalue weighted by Crippen LogP contribution is 2.18. The number of non-ortho nitro benzene ring substituents is 1. The largest absolute Gasteiger partial charge is 0.296 e. The zero-order valence-corrected chi connectivity index (χ0v) is 12.2. The van der Waals surface area contributed by atoms with E-state index in [-0.39, 0.29) is 11.6 Å². The predicted octanol–water partition coefficient (Wildman–Crippen LogP) is 3.04. The van der Waals surface area contributed by atoms with E-state index in [9.17, 15) is 14.9 Å². The molecular formula is C13H14N4O3S. The molecule has 1 amide bonds. The Bertz CT molecular complexity index is 639. The van der Waals surface area contributed by atoms with Crippen molar-refractivity contribution in [2.45, 2.75) is 26.2 Å². The summed E-state index contributed by atoms with van der Waals surface area (Å²) in [6.45, 7) is 2.10. The van der Waals surface area contributed by atoms with Crippen LogP contribution in [0.1, 0.15) is 35.1 Å². The van der Waals surface area contributed by atoms with Crippen molar-refractivity contribution in [1.82, 2.24) is 10.2 Å². The number of carbonyl (C=O) groups is 1. The number of amides is 1. The number of hydrogen-bond donors (Lipinski definition) is 1. The summed E-state index contributed by atoms with van der Waals surface area (Å²) in [5, 5.41) is 22.4. The molecule has 0 saturated heterocycles. The number of rotatable bonds is 6. The molecule has 7 nitrogen and oxygen atoms in total. The zero-order chi connectivity index (χ0) is 15.2. The van der Waals surface area contributed by atoms with Gasteiger partial charge in [0.05, 0.1) is 4.92 Å². The summed E-state index contributed by atoms with van der Waals surface area (Å²) in [4.78, 5) is 22.0. The van der Waals surface area contributed by atoms with Gasteiger partial charge in [-0.25, -0.2) is 0 Å². The average molecular weight is 306 g/mol. The first-order valence-electron chi connectivity index (χ1n) is 6.48. The third-order valence-corrected chi connectivity index (χ3v) is 3.67. The predicted molar refractivity (Wildman–Crippen MR) is 79.6 cm³/mol. The van der Waals surface area contributed by atoms with Crippen molar-refractivity contribution in [2.75, 3.05) is 5.32 Å². The van der Waals surface area contributed by atoms with Gasteiger partial charge < -0.3 is 0 Å². The molecule has 0 aliphatic heterocycles. The normalized spacial score (nSPS) is 10.3. The number of carbonyl (C=O) groups excluding carboxylic acids is 1. The highest BCUT2D eigenvalue weighted by molar-refractivity contribution is 7.15. The zero-order valence-electron chi connectivity index (χ0n) is 11.4. The molecule has 2 aromatic rings. The highest BCUT2D eigenvalue weighted by Gasteiger charge is 2.12. The van der Waals surface area contributed by atoms with Crippen molar-refractivity contribution < 1.29 is 9.72 Å². The van der Waals surface area contributed by atoms with Crippen molar-refractivity contribution in [3.8, 4) is 0 Å². The van der Waals surface area contributed by atoms with E-state index in [1.165, 1.54) is 35.6 Å². The van der Waals surface area contributed by atoms with E-state index in [4.69, 9.17) is 0 Å². The van der Waals surface area contributed by atoms with Crippen LogP contribution in [-0.4, -0.2) is 21.0 Å². The van der Waals surface area contributed by atoms with Gasteiger partial charge in [0, 0.05) is 24.1 Å². The lowest BCUT2D eigenvalue weighted by atomic mass is 10.2. The van der Waals surface area contributed by atoms with Crippen LogP contribution < -0.4 is 5.32 Å². The summed E-state index contributed by atoms with van der Waals surface area (Å²) in [6.07, 6.45) is 2.95. The molecule has 21 heavy (non-hydrogen) atoms. The van der Waals surface area contributed by atoms with E-state index in [0.29, 0.717) is 10.7 Å². The number of hydrogen-bond acceptors (Lipinski definition) is 6. The van der Waals surface area contributed by atoms with Crippen LogP contribution in [0, 0.1) is 10.1 Å². The lowest BCUT2D eigenvalue weighted by Gasteiger charge is -2.00. The summed E-state index contributed by atoms with van der Waals surface area (Å²) >= 11 is 1.34. The number of nitrogens with zero attached hydrogens (tertiary/aromatic N) is 3. The maximum Gasteiger partial charge on any atom is 0.269 e. The van der Waals surface area contributed by atoms with Gasteiger partial charge in [0.25, 0.3) is 11.6 Å². The van der Waals surface area contributed by atoms with Crippen molar-refractivity contribution in [2.24, 2.45) is 0 Å². The Kier molecular flexibility index (Phi) is 4.94.